The van der Waals surface area contributed by atoms with E-state index in [9.17, 15) is 8.78 Å². The molecular formula is C11H19F2N. The maximum atomic E-state index is 13.2. The quantitative estimate of drug-likeness (QED) is 0.743. The molecule has 1 unspecified atom stereocenters. The Labute approximate surface area is 84.3 Å². The molecule has 14 heavy (non-hydrogen) atoms. The number of halogens is 2. The first-order valence-electron chi connectivity index (χ1n) is 5.80. The van der Waals surface area contributed by atoms with E-state index in [-0.39, 0.29) is 6.42 Å². The monoisotopic (exact) mass is 203 g/mol. The van der Waals surface area contributed by atoms with Gasteiger partial charge in [-0.15, -0.1) is 0 Å². The predicted octanol–water partition coefficient (Wildman–Crippen LogP) is 2.95. The molecule has 1 atom stereocenters. The summed E-state index contributed by atoms with van der Waals surface area (Å²) in [6, 6.07) is 0.520. The zero-order valence-electron chi connectivity index (χ0n) is 8.57. The van der Waals surface area contributed by atoms with E-state index in [0.717, 1.165) is 0 Å². The molecule has 0 aliphatic heterocycles. The molecule has 0 aromatic heterocycles. The zero-order valence-corrected chi connectivity index (χ0v) is 8.57. The van der Waals surface area contributed by atoms with Gasteiger partial charge in [-0.05, 0) is 25.7 Å². The summed E-state index contributed by atoms with van der Waals surface area (Å²) < 4.78 is 26.5. The molecule has 0 radical (unpaired) electrons. The number of rotatable bonds is 3. The lowest BCUT2D eigenvalue weighted by Gasteiger charge is -2.21. The second-order valence-corrected chi connectivity index (χ2v) is 4.74. The molecule has 0 saturated heterocycles. The first-order valence-corrected chi connectivity index (χ1v) is 5.80. The van der Waals surface area contributed by atoms with Crippen LogP contribution in [-0.2, 0) is 0 Å². The molecule has 0 aromatic carbocycles. The number of hydrogen-bond acceptors (Lipinski definition) is 1. The average Bonchev–Trinajstić information content (AvgIpc) is 2.71. The van der Waals surface area contributed by atoms with Gasteiger partial charge in [0.2, 0.25) is 0 Å². The van der Waals surface area contributed by atoms with Gasteiger partial charge in [-0.2, -0.15) is 0 Å². The lowest BCUT2D eigenvalue weighted by atomic mass is 10.0. The van der Waals surface area contributed by atoms with Crippen LogP contribution in [0.5, 0.6) is 0 Å². The first kappa shape index (κ1) is 10.3. The Morgan fingerprint density at radius 3 is 2.36 bits per heavy atom. The fourth-order valence-corrected chi connectivity index (χ4v) is 2.69. The first-order chi connectivity index (χ1) is 6.68. The average molecular weight is 203 g/mol. The van der Waals surface area contributed by atoms with Crippen LogP contribution in [0, 0.1) is 5.92 Å². The van der Waals surface area contributed by atoms with Gasteiger partial charge in [0.05, 0.1) is 0 Å². The van der Waals surface area contributed by atoms with E-state index in [1.165, 1.54) is 25.7 Å². The second-order valence-electron chi connectivity index (χ2n) is 4.74. The molecule has 0 heterocycles. The van der Waals surface area contributed by atoms with Crippen LogP contribution < -0.4 is 5.32 Å². The highest BCUT2D eigenvalue weighted by Gasteiger charge is 2.43. The number of hydrogen-bond donors (Lipinski definition) is 1. The van der Waals surface area contributed by atoms with Crippen molar-refractivity contribution in [3.63, 3.8) is 0 Å². The summed E-state index contributed by atoms with van der Waals surface area (Å²) in [5, 5.41) is 3.30. The normalized spacial score (nSPS) is 32.6. The van der Waals surface area contributed by atoms with Crippen molar-refractivity contribution in [1.82, 2.24) is 5.32 Å². The van der Waals surface area contributed by atoms with E-state index in [1.54, 1.807) is 0 Å². The van der Waals surface area contributed by atoms with Crippen molar-refractivity contribution in [1.29, 1.82) is 0 Å². The van der Waals surface area contributed by atoms with Crippen molar-refractivity contribution in [2.45, 2.75) is 56.9 Å². The molecule has 1 nitrogen and oxygen atoms in total. The standard InChI is InChI=1S/C11H19F2N/c12-11(13)7-3-4-9(11)8-14-10-5-1-2-6-10/h9-10,14H,1-8H2. The van der Waals surface area contributed by atoms with Crippen LogP contribution in [-0.4, -0.2) is 18.5 Å². The molecule has 2 saturated carbocycles. The number of alkyl halides is 2. The molecule has 0 bridgehead atoms. The molecule has 3 heteroatoms. The van der Waals surface area contributed by atoms with E-state index < -0.39 is 11.8 Å². The Hall–Kier alpha value is -0.180. The van der Waals surface area contributed by atoms with E-state index in [0.29, 0.717) is 25.4 Å². The highest BCUT2D eigenvalue weighted by atomic mass is 19.3. The van der Waals surface area contributed by atoms with Gasteiger partial charge in [-0.3, -0.25) is 0 Å². The molecule has 1 N–H and O–H groups in total. The summed E-state index contributed by atoms with van der Waals surface area (Å²) in [4.78, 5) is 0. The van der Waals surface area contributed by atoms with Crippen molar-refractivity contribution >= 4 is 0 Å². The summed E-state index contributed by atoms with van der Waals surface area (Å²) in [6.07, 6.45) is 6.38. The van der Waals surface area contributed by atoms with E-state index >= 15 is 0 Å². The summed E-state index contributed by atoms with van der Waals surface area (Å²) in [7, 11) is 0. The predicted molar refractivity (Wildman–Crippen MR) is 52.5 cm³/mol. The van der Waals surface area contributed by atoms with Gasteiger partial charge in [0, 0.05) is 24.9 Å². The molecule has 2 fully saturated rings. The third-order valence-corrected chi connectivity index (χ3v) is 3.67. The van der Waals surface area contributed by atoms with Gasteiger partial charge in [-0.25, -0.2) is 8.78 Å². The Bertz CT molecular complexity index is 188. The van der Waals surface area contributed by atoms with Gasteiger partial charge in [0.15, 0.2) is 0 Å². The van der Waals surface area contributed by atoms with Gasteiger partial charge >= 0.3 is 0 Å². The summed E-state index contributed by atoms with van der Waals surface area (Å²) in [6.45, 7) is 0.525. The molecule has 0 spiro atoms. The summed E-state index contributed by atoms with van der Waals surface area (Å²) >= 11 is 0. The van der Waals surface area contributed by atoms with E-state index in [2.05, 4.69) is 5.32 Å². The minimum Gasteiger partial charge on any atom is -0.313 e. The van der Waals surface area contributed by atoms with E-state index in [4.69, 9.17) is 0 Å². The third-order valence-electron chi connectivity index (χ3n) is 3.67. The lowest BCUT2D eigenvalue weighted by molar-refractivity contribution is -0.0365. The molecule has 2 aliphatic carbocycles. The third kappa shape index (κ3) is 2.25. The van der Waals surface area contributed by atoms with Crippen LogP contribution in [0.2, 0.25) is 0 Å². The Balaban J connectivity index is 1.74. The fourth-order valence-electron chi connectivity index (χ4n) is 2.69. The molecule has 2 aliphatic rings. The van der Waals surface area contributed by atoms with Gasteiger partial charge in [0.1, 0.15) is 0 Å². The Morgan fingerprint density at radius 2 is 1.79 bits per heavy atom. The van der Waals surface area contributed by atoms with Crippen molar-refractivity contribution in [3.05, 3.63) is 0 Å². The minimum atomic E-state index is -2.40. The zero-order chi connectivity index (χ0) is 10.0. The maximum Gasteiger partial charge on any atom is 0.252 e. The molecule has 0 aromatic rings. The van der Waals surface area contributed by atoms with Crippen LogP contribution in [0.3, 0.4) is 0 Å². The lowest BCUT2D eigenvalue weighted by Crippen LogP contribution is -2.36. The van der Waals surface area contributed by atoms with Crippen molar-refractivity contribution < 1.29 is 8.78 Å². The minimum absolute atomic E-state index is 0.101. The van der Waals surface area contributed by atoms with Crippen LogP contribution in [0.15, 0.2) is 0 Å². The van der Waals surface area contributed by atoms with Crippen LogP contribution in [0.4, 0.5) is 8.78 Å². The maximum absolute atomic E-state index is 13.2. The molecular weight excluding hydrogens is 184 g/mol. The van der Waals surface area contributed by atoms with Crippen molar-refractivity contribution in [2.24, 2.45) is 5.92 Å². The fraction of sp³-hybridized carbons (Fsp3) is 1.00. The van der Waals surface area contributed by atoms with Gasteiger partial charge < -0.3 is 5.32 Å². The van der Waals surface area contributed by atoms with Gasteiger partial charge in [-0.1, -0.05) is 12.8 Å². The van der Waals surface area contributed by atoms with Crippen LogP contribution >= 0.6 is 0 Å². The van der Waals surface area contributed by atoms with E-state index in [1.807, 2.05) is 0 Å². The Kier molecular flexibility index (Phi) is 3.05. The number of nitrogens with one attached hydrogen (secondary N) is 1. The summed E-state index contributed by atoms with van der Waals surface area (Å²) in [5.41, 5.74) is 0. The summed E-state index contributed by atoms with van der Waals surface area (Å²) in [5.74, 6) is -2.80. The highest BCUT2D eigenvalue weighted by molar-refractivity contribution is 4.87. The van der Waals surface area contributed by atoms with Crippen molar-refractivity contribution in [3.8, 4) is 0 Å². The van der Waals surface area contributed by atoms with Crippen molar-refractivity contribution in [2.75, 3.05) is 6.54 Å². The SMILES string of the molecule is FC1(F)CCCC1CNC1CCCC1. The highest BCUT2D eigenvalue weighted by Crippen LogP contribution is 2.40. The van der Waals surface area contributed by atoms with Gasteiger partial charge in [0.25, 0.3) is 5.92 Å². The Morgan fingerprint density at radius 1 is 1.07 bits per heavy atom. The molecule has 82 valence electrons. The largest absolute Gasteiger partial charge is 0.313 e. The van der Waals surface area contributed by atoms with Crippen LogP contribution in [0.25, 0.3) is 0 Å². The topological polar surface area (TPSA) is 12.0 Å². The second kappa shape index (κ2) is 4.13. The molecule has 2 rings (SSSR count). The smallest absolute Gasteiger partial charge is 0.252 e. The molecule has 0 amide bonds. The van der Waals surface area contributed by atoms with Crippen LogP contribution in [0.1, 0.15) is 44.9 Å².